The van der Waals surface area contributed by atoms with Gasteiger partial charge in [0.15, 0.2) is 0 Å². The Morgan fingerprint density at radius 3 is 2.60 bits per heavy atom. The fourth-order valence-electron chi connectivity index (χ4n) is 0.974. The molecule has 0 aliphatic carbocycles. The van der Waals surface area contributed by atoms with Crippen molar-refractivity contribution in [2.45, 2.75) is 20.0 Å². The molecule has 6 heteroatoms. The largest absolute Gasteiger partial charge is 0.465 e. The summed E-state index contributed by atoms with van der Waals surface area (Å²) < 4.78 is 4.63. The summed E-state index contributed by atoms with van der Waals surface area (Å²) in [7, 11) is 1.53. The molecule has 0 spiro atoms. The number of hydrogen-bond donors (Lipinski definition) is 2. The number of ether oxygens (including phenoxy) is 1. The molecule has 2 amide bonds. The van der Waals surface area contributed by atoms with E-state index in [1.807, 2.05) is 0 Å². The van der Waals surface area contributed by atoms with Gasteiger partial charge in [-0.15, -0.1) is 0 Å². The molecule has 0 aromatic heterocycles. The summed E-state index contributed by atoms with van der Waals surface area (Å²) in [6.07, 6.45) is -0.594. The lowest BCUT2D eigenvalue weighted by Crippen LogP contribution is -2.42. The molecule has 0 radical (unpaired) electrons. The number of amides is 2. The van der Waals surface area contributed by atoms with Gasteiger partial charge in [0, 0.05) is 13.6 Å². The Morgan fingerprint density at radius 1 is 1.53 bits per heavy atom. The number of rotatable bonds is 5. The van der Waals surface area contributed by atoms with E-state index in [0.29, 0.717) is 0 Å². The van der Waals surface area contributed by atoms with Gasteiger partial charge in [0.2, 0.25) is 0 Å². The summed E-state index contributed by atoms with van der Waals surface area (Å²) in [5, 5.41) is 11.4. The van der Waals surface area contributed by atoms with E-state index in [-0.39, 0.29) is 19.7 Å². The number of nitrogens with one attached hydrogen (secondary N) is 1. The van der Waals surface area contributed by atoms with E-state index < -0.39 is 18.1 Å². The summed E-state index contributed by atoms with van der Waals surface area (Å²) in [6.45, 7) is 3.62. The zero-order valence-corrected chi connectivity index (χ0v) is 9.32. The highest BCUT2D eigenvalue weighted by molar-refractivity contribution is 5.80. The first kappa shape index (κ1) is 13.7. The highest BCUT2D eigenvalue weighted by Gasteiger charge is 2.11. The summed E-state index contributed by atoms with van der Waals surface area (Å²) in [5.41, 5.74) is 0. The van der Waals surface area contributed by atoms with E-state index in [4.69, 9.17) is 5.11 Å². The zero-order valence-electron chi connectivity index (χ0n) is 9.32. The van der Waals surface area contributed by atoms with Gasteiger partial charge < -0.3 is 20.1 Å². The van der Waals surface area contributed by atoms with Crippen molar-refractivity contribution < 1.29 is 19.4 Å². The van der Waals surface area contributed by atoms with E-state index in [1.165, 1.54) is 11.9 Å². The highest BCUT2D eigenvalue weighted by atomic mass is 16.5. The van der Waals surface area contributed by atoms with E-state index >= 15 is 0 Å². The second kappa shape index (κ2) is 7.05. The Kier molecular flexibility index (Phi) is 6.44. The minimum atomic E-state index is -0.594. The average Bonchev–Trinajstić information content (AvgIpc) is 2.13. The Bertz CT molecular complexity index is 218. The molecule has 0 heterocycles. The Balaban J connectivity index is 3.78. The van der Waals surface area contributed by atoms with Crippen LogP contribution in [0.15, 0.2) is 0 Å². The number of nitrogens with zero attached hydrogens (tertiary/aromatic N) is 1. The van der Waals surface area contributed by atoms with Crippen molar-refractivity contribution in [3.05, 3.63) is 0 Å². The summed E-state index contributed by atoms with van der Waals surface area (Å²) in [6, 6.07) is -0.413. The fourth-order valence-corrected chi connectivity index (χ4v) is 0.974. The Morgan fingerprint density at radius 2 is 2.13 bits per heavy atom. The van der Waals surface area contributed by atoms with Crippen LogP contribution in [0.1, 0.15) is 13.8 Å². The SMILES string of the molecule is CCOC(=O)CNC(=O)N(C)CC(C)O. The zero-order chi connectivity index (χ0) is 11.8. The molecule has 0 rings (SSSR count). The van der Waals surface area contributed by atoms with E-state index in [2.05, 4.69) is 10.1 Å². The number of aliphatic hydroxyl groups excluding tert-OH is 1. The molecule has 0 saturated heterocycles. The highest BCUT2D eigenvalue weighted by Crippen LogP contribution is 1.88. The normalized spacial score (nSPS) is 11.7. The number of carbonyl (C=O) groups excluding carboxylic acids is 2. The first-order valence-electron chi connectivity index (χ1n) is 4.80. The van der Waals surface area contributed by atoms with Crippen LogP contribution in [0, 0.1) is 0 Å². The second-order valence-electron chi connectivity index (χ2n) is 3.19. The number of carbonyl (C=O) groups is 2. The van der Waals surface area contributed by atoms with Gasteiger partial charge in [0.25, 0.3) is 0 Å². The number of likely N-dealkylation sites (N-methyl/N-ethyl adjacent to an activating group) is 1. The lowest BCUT2D eigenvalue weighted by molar-refractivity contribution is -0.141. The van der Waals surface area contributed by atoms with Crippen LogP contribution in [0.25, 0.3) is 0 Å². The second-order valence-corrected chi connectivity index (χ2v) is 3.19. The van der Waals surface area contributed by atoms with Gasteiger partial charge in [-0.3, -0.25) is 4.79 Å². The van der Waals surface area contributed by atoms with Crippen LogP contribution in [0.4, 0.5) is 4.79 Å². The molecule has 0 aromatic carbocycles. The van der Waals surface area contributed by atoms with Crippen LogP contribution in [-0.4, -0.2) is 54.9 Å². The van der Waals surface area contributed by atoms with Crippen LogP contribution in [0.2, 0.25) is 0 Å². The molecule has 0 saturated carbocycles. The quantitative estimate of drug-likeness (QED) is 0.614. The van der Waals surface area contributed by atoms with E-state index in [1.54, 1.807) is 13.8 Å². The van der Waals surface area contributed by atoms with Crippen LogP contribution >= 0.6 is 0 Å². The van der Waals surface area contributed by atoms with E-state index in [9.17, 15) is 9.59 Å². The molecule has 1 atom stereocenters. The molecule has 0 aliphatic heterocycles. The summed E-state index contributed by atoms with van der Waals surface area (Å²) in [5.74, 6) is -0.476. The van der Waals surface area contributed by atoms with Gasteiger partial charge >= 0.3 is 12.0 Å². The molecule has 0 aliphatic rings. The maximum atomic E-state index is 11.3. The van der Waals surface area contributed by atoms with Crippen molar-refractivity contribution >= 4 is 12.0 Å². The molecule has 0 bridgehead atoms. The van der Waals surface area contributed by atoms with Crippen LogP contribution in [0.5, 0.6) is 0 Å². The molecule has 0 aromatic rings. The van der Waals surface area contributed by atoms with Crippen molar-refractivity contribution in [1.82, 2.24) is 10.2 Å². The van der Waals surface area contributed by atoms with Crippen LogP contribution in [-0.2, 0) is 9.53 Å². The third-order valence-corrected chi connectivity index (χ3v) is 1.57. The van der Waals surface area contributed by atoms with Crippen molar-refractivity contribution in [2.24, 2.45) is 0 Å². The smallest absolute Gasteiger partial charge is 0.325 e. The van der Waals surface area contributed by atoms with Crippen LogP contribution in [0.3, 0.4) is 0 Å². The maximum Gasteiger partial charge on any atom is 0.325 e. The number of esters is 1. The summed E-state index contributed by atoms with van der Waals surface area (Å²) >= 11 is 0. The minimum absolute atomic E-state index is 0.156. The van der Waals surface area contributed by atoms with Crippen molar-refractivity contribution in [3.8, 4) is 0 Å². The van der Waals surface area contributed by atoms with Gasteiger partial charge in [-0.2, -0.15) is 0 Å². The standard InChI is InChI=1S/C9H18N2O4/c1-4-15-8(13)5-10-9(14)11(3)6-7(2)12/h7,12H,4-6H2,1-3H3,(H,10,14). The molecule has 0 fully saturated rings. The molecule has 15 heavy (non-hydrogen) atoms. The van der Waals surface area contributed by atoms with Crippen molar-refractivity contribution in [1.29, 1.82) is 0 Å². The van der Waals surface area contributed by atoms with Crippen molar-refractivity contribution in [3.63, 3.8) is 0 Å². The first-order valence-corrected chi connectivity index (χ1v) is 4.80. The molecule has 88 valence electrons. The van der Waals surface area contributed by atoms with Crippen molar-refractivity contribution in [2.75, 3.05) is 26.7 Å². The molecular weight excluding hydrogens is 200 g/mol. The van der Waals surface area contributed by atoms with Gasteiger partial charge in [0.05, 0.1) is 12.7 Å². The average molecular weight is 218 g/mol. The molecule has 1 unspecified atom stereocenters. The van der Waals surface area contributed by atoms with E-state index in [0.717, 1.165) is 0 Å². The third-order valence-electron chi connectivity index (χ3n) is 1.57. The first-order chi connectivity index (χ1) is 6.97. The lowest BCUT2D eigenvalue weighted by atomic mass is 10.4. The molecular formula is C9H18N2O4. The summed E-state index contributed by atoms with van der Waals surface area (Å²) in [4.78, 5) is 23.5. The third kappa shape index (κ3) is 6.73. The van der Waals surface area contributed by atoms with Gasteiger partial charge in [-0.05, 0) is 13.8 Å². The minimum Gasteiger partial charge on any atom is -0.465 e. The number of aliphatic hydroxyl groups is 1. The monoisotopic (exact) mass is 218 g/mol. The van der Waals surface area contributed by atoms with Crippen LogP contribution < -0.4 is 5.32 Å². The Labute approximate surface area is 89.2 Å². The number of hydrogen-bond acceptors (Lipinski definition) is 4. The predicted octanol–water partition coefficient (Wildman–Crippen LogP) is -0.428. The predicted molar refractivity (Wildman–Crippen MR) is 54.3 cm³/mol. The lowest BCUT2D eigenvalue weighted by Gasteiger charge is -2.18. The van der Waals surface area contributed by atoms with Gasteiger partial charge in [0.1, 0.15) is 6.54 Å². The fraction of sp³-hybridized carbons (Fsp3) is 0.778. The van der Waals surface area contributed by atoms with Gasteiger partial charge in [-0.25, -0.2) is 4.79 Å². The van der Waals surface area contributed by atoms with Gasteiger partial charge in [-0.1, -0.05) is 0 Å². The topological polar surface area (TPSA) is 78.9 Å². The number of urea groups is 1. The molecule has 2 N–H and O–H groups in total. The molecule has 6 nitrogen and oxygen atoms in total. The Hall–Kier alpha value is -1.30. The maximum absolute atomic E-state index is 11.3.